The fraction of sp³-hybridized carbons (Fsp3) is 0.188. The molecule has 102 valence electrons. The molecule has 0 aliphatic rings. The highest BCUT2D eigenvalue weighted by molar-refractivity contribution is 5.49. The predicted octanol–water partition coefficient (Wildman–Crippen LogP) is 3.46. The number of anilines is 1. The summed E-state index contributed by atoms with van der Waals surface area (Å²) in [6.45, 7) is 1.07. The van der Waals surface area contributed by atoms with Crippen LogP contribution in [0.5, 0.6) is 0 Å². The summed E-state index contributed by atoms with van der Waals surface area (Å²) in [6, 6.07) is 14.2. The molecule has 2 aromatic rings. The van der Waals surface area contributed by atoms with Crippen LogP contribution < -0.4 is 5.32 Å². The smallest absolute Gasteiger partial charge is 0.147 e. The quantitative estimate of drug-likeness (QED) is 0.905. The molecule has 20 heavy (non-hydrogen) atoms. The molecule has 2 rings (SSSR count). The molecule has 0 aliphatic carbocycles. The lowest BCUT2D eigenvalue weighted by Gasteiger charge is -2.09. The van der Waals surface area contributed by atoms with E-state index in [-0.39, 0.29) is 0 Å². The summed E-state index contributed by atoms with van der Waals surface area (Å²) in [5.41, 5.74) is 2.83. The number of halogens is 1. The maximum absolute atomic E-state index is 13.7. The van der Waals surface area contributed by atoms with Gasteiger partial charge in [-0.05, 0) is 29.3 Å². The van der Waals surface area contributed by atoms with Crippen molar-refractivity contribution in [3.05, 3.63) is 65.0 Å². The molecular weight excluding hydrogens is 255 g/mol. The van der Waals surface area contributed by atoms with E-state index in [9.17, 15) is 4.39 Å². The van der Waals surface area contributed by atoms with Crippen molar-refractivity contribution >= 4 is 5.69 Å². The first-order valence-corrected chi connectivity index (χ1v) is 6.23. The first kappa shape index (κ1) is 14.0. The molecule has 1 N–H and O–H groups in total. The number of hydrogen-bond acceptors (Lipinski definition) is 3. The fourth-order valence-electron chi connectivity index (χ4n) is 1.92. The minimum atomic E-state index is -0.419. The largest absolute Gasteiger partial charge is 0.380 e. The highest BCUT2D eigenvalue weighted by Crippen LogP contribution is 2.17. The van der Waals surface area contributed by atoms with E-state index >= 15 is 0 Å². The third-order valence-electron chi connectivity index (χ3n) is 2.88. The monoisotopic (exact) mass is 270 g/mol. The Morgan fingerprint density at radius 2 is 2.00 bits per heavy atom. The van der Waals surface area contributed by atoms with E-state index in [1.165, 1.54) is 6.07 Å². The van der Waals surface area contributed by atoms with Crippen molar-refractivity contribution in [1.29, 1.82) is 5.26 Å². The Morgan fingerprint density at radius 3 is 2.70 bits per heavy atom. The Morgan fingerprint density at radius 1 is 1.20 bits per heavy atom. The normalized spacial score (nSPS) is 10.1. The number of rotatable bonds is 5. The molecule has 0 radical (unpaired) electrons. The van der Waals surface area contributed by atoms with Gasteiger partial charge in [-0.1, -0.05) is 24.3 Å². The first-order valence-electron chi connectivity index (χ1n) is 6.23. The van der Waals surface area contributed by atoms with Gasteiger partial charge in [-0.25, -0.2) is 4.39 Å². The topological polar surface area (TPSA) is 45.0 Å². The number of nitrogens with one attached hydrogen (secondary N) is 1. The number of ether oxygens (including phenoxy) is 1. The van der Waals surface area contributed by atoms with Crippen molar-refractivity contribution in [3.63, 3.8) is 0 Å². The van der Waals surface area contributed by atoms with Crippen LogP contribution in [0, 0.1) is 17.1 Å². The Balaban J connectivity index is 2.05. The van der Waals surface area contributed by atoms with E-state index < -0.39 is 5.82 Å². The van der Waals surface area contributed by atoms with Gasteiger partial charge >= 0.3 is 0 Å². The summed E-state index contributed by atoms with van der Waals surface area (Å²) in [7, 11) is 1.65. The molecule has 0 aromatic heterocycles. The number of nitrogens with zero attached hydrogens (tertiary/aromatic N) is 1. The molecule has 0 unspecified atom stereocenters. The first-order chi connectivity index (χ1) is 9.72. The zero-order valence-electron chi connectivity index (χ0n) is 11.2. The molecular formula is C16H15FN2O. The molecule has 0 heterocycles. The van der Waals surface area contributed by atoms with Crippen molar-refractivity contribution < 1.29 is 9.13 Å². The van der Waals surface area contributed by atoms with Crippen molar-refractivity contribution in [1.82, 2.24) is 0 Å². The molecule has 0 saturated heterocycles. The molecule has 0 fully saturated rings. The molecule has 0 amide bonds. The van der Waals surface area contributed by atoms with Crippen LogP contribution in [-0.2, 0) is 17.9 Å². The number of methoxy groups -OCH3 is 1. The zero-order valence-corrected chi connectivity index (χ0v) is 11.2. The molecule has 2 aromatic carbocycles. The summed E-state index contributed by atoms with van der Waals surface area (Å²) < 4.78 is 18.8. The Kier molecular flexibility index (Phi) is 4.70. The number of hydrogen-bond donors (Lipinski definition) is 1. The van der Waals surface area contributed by atoms with E-state index in [1.807, 2.05) is 30.3 Å². The van der Waals surface area contributed by atoms with Crippen molar-refractivity contribution in [2.24, 2.45) is 0 Å². The average molecular weight is 270 g/mol. The lowest BCUT2D eigenvalue weighted by molar-refractivity contribution is 0.185. The molecule has 3 nitrogen and oxygen atoms in total. The van der Waals surface area contributed by atoms with Crippen LogP contribution in [0.25, 0.3) is 0 Å². The molecule has 4 heteroatoms. The lowest BCUT2D eigenvalue weighted by Crippen LogP contribution is -2.02. The predicted molar refractivity (Wildman–Crippen MR) is 75.6 cm³/mol. The summed E-state index contributed by atoms with van der Waals surface area (Å²) in [4.78, 5) is 0. The summed E-state index contributed by atoms with van der Waals surface area (Å²) in [5, 5.41) is 11.7. The van der Waals surface area contributed by atoms with Crippen molar-refractivity contribution in [3.8, 4) is 6.07 Å². The highest BCUT2D eigenvalue weighted by Gasteiger charge is 2.03. The van der Waals surface area contributed by atoms with Crippen LogP contribution >= 0.6 is 0 Å². The third kappa shape index (κ3) is 3.56. The number of benzene rings is 2. The van der Waals surface area contributed by atoms with Crippen LogP contribution in [0.4, 0.5) is 10.1 Å². The van der Waals surface area contributed by atoms with Crippen LogP contribution in [0.1, 0.15) is 16.7 Å². The van der Waals surface area contributed by atoms with E-state index in [0.29, 0.717) is 24.4 Å². The van der Waals surface area contributed by atoms with Gasteiger partial charge in [0, 0.05) is 13.7 Å². The lowest BCUT2D eigenvalue weighted by atomic mass is 10.1. The average Bonchev–Trinajstić information content (AvgIpc) is 2.46. The van der Waals surface area contributed by atoms with Gasteiger partial charge in [-0.3, -0.25) is 0 Å². The highest BCUT2D eigenvalue weighted by atomic mass is 19.1. The summed E-state index contributed by atoms with van der Waals surface area (Å²) in [5.74, 6) is -0.419. The SMILES string of the molecule is COCc1cccc(CNc2ccc(C#N)cc2F)c1. The van der Waals surface area contributed by atoms with Gasteiger partial charge in [0.2, 0.25) is 0 Å². The van der Waals surface area contributed by atoms with Gasteiger partial charge in [0.25, 0.3) is 0 Å². The van der Waals surface area contributed by atoms with E-state index in [4.69, 9.17) is 10.00 Å². The van der Waals surface area contributed by atoms with Crippen LogP contribution in [0.15, 0.2) is 42.5 Å². The van der Waals surface area contributed by atoms with E-state index in [1.54, 1.807) is 19.2 Å². The second kappa shape index (κ2) is 6.69. The van der Waals surface area contributed by atoms with Gasteiger partial charge in [0.1, 0.15) is 5.82 Å². The van der Waals surface area contributed by atoms with Crippen molar-refractivity contribution in [2.45, 2.75) is 13.2 Å². The van der Waals surface area contributed by atoms with Gasteiger partial charge in [-0.15, -0.1) is 0 Å². The van der Waals surface area contributed by atoms with E-state index in [0.717, 1.165) is 11.1 Å². The zero-order chi connectivity index (χ0) is 14.4. The van der Waals surface area contributed by atoms with Crippen LogP contribution in [0.2, 0.25) is 0 Å². The van der Waals surface area contributed by atoms with Gasteiger partial charge in [0.15, 0.2) is 0 Å². The molecule has 0 bridgehead atoms. The van der Waals surface area contributed by atoms with Crippen LogP contribution in [-0.4, -0.2) is 7.11 Å². The number of nitriles is 1. The minimum absolute atomic E-state index is 0.315. The Labute approximate surface area is 117 Å². The standard InChI is InChI=1S/C16H15FN2O/c1-20-11-14-4-2-3-13(7-14)10-19-16-6-5-12(9-18)8-15(16)17/h2-8,19H,10-11H2,1H3. The molecule has 0 spiro atoms. The molecule has 0 saturated carbocycles. The van der Waals surface area contributed by atoms with Crippen molar-refractivity contribution in [2.75, 3.05) is 12.4 Å². The summed E-state index contributed by atoms with van der Waals surface area (Å²) in [6.07, 6.45) is 0. The van der Waals surface area contributed by atoms with Gasteiger partial charge in [0.05, 0.1) is 23.9 Å². The Hall–Kier alpha value is -2.38. The van der Waals surface area contributed by atoms with Crippen LogP contribution in [0.3, 0.4) is 0 Å². The van der Waals surface area contributed by atoms with Gasteiger partial charge in [-0.2, -0.15) is 5.26 Å². The second-order valence-corrected chi connectivity index (χ2v) is 4.41. The summed E-state index contributed by atoms with van der Waals surface area (Å²) >= 11 is 0. The minimum Gasteiger partial charge on any atom is -0.380 e. The fourth-order valence-corrected chi connectivity index (χ4v) is 1.92. The Bertz CT molecular complexity index is 635. The second-order valence-electron chi connectivity index (χ2n) is 4.41. The third-order valence-corrected chi connectivity index (χ3v) is 2.88. The maximum Gasteiger partial charge on any atom is 0.147 e. The van der Waals surface area contributed by atoms with E-state index in [2.05, 4.69) is 5.32 Å². The van der Waals surface area contributed by atoms with Gasteiger partial charge < -0.3 is 10.1 Å². The molecule has 0 aliphatic heterocycles. The maximum atomic E-state index is 13.7. The molecule has 0 atom stereocenters.